The molecule has 0 spiro atoms. The molecular formula is C23H24N2O7S. The molecule has 0 radical (unpaired) electrons. The number of aliphatic hydroxyl groups excluding tert-OH is 1. The van der Waals surface area contributed by atoms with Crippen LogP contribution < -0.4 is 14.2 Å². The number of rotatable bonds is 7. The molecule has 174 valence electrons. The molecule has 1 atom stereocenters. The van der Waals surface area contributed by atoms with Gasteiger partial charge in [-0.2, -0.15) is 0 Å². The lowest BCUT2D eigenvalue weighted by Crippen LogP contribution is -2.43. The second kappa shape index (κ2) is 9.05. The van der Waals surface area contributed by atoms with Gasteiger partial charge in [0.05, 0.1) is 36.8 Å². The number of hydrogen-bond donors (Lipinski definition) is 1. The van der Waals surface area contributed by atoms with Gasteiger partial charge in [0.25, 0.3) is 5.91 Å². The number of carbonyl (C=O) groups is 2. The molecular weight excluding hydrogens is 448 g/mol. The quantitative estimate of drug-likeness (QED) is 0.614. The van der Waals surface area contributed by atoms with Gasteiger partial charge in [0.2, 0.25) is 18.3 Å². The Kier molecular flexibility index (Phi) is 5.96. The number of thiophene rings is 1. The second-order valence-corrected chi connectivity index (χ2v) is 8.83. The van der Waals surface area contributed by atoms with E-state index in [-0.39, 0.29) is 18.1 Å². The Morgan fingerprint density at radius 1 is 1.24 bits per heavy atom. The lowest BCUT2D eigenvalue weighted by atomic mass is 9.94. The van der Waals surface area contributed by atoms with E-state index in [2.05, 4.69) is 4.90 Å². The predicted octanol–water partition coefficient (Wildman–Crippen LogP) is 2.40. The van der Waals surface area contributed by atoms with Crippen molar-refractivity contribution in [2.75, 3.05) is 53.3 Å². The molecule has 1 aromatic carbocycles. The summed E-state index contributed by atoms with van der Waals surface area (Å²) in [5.74, 6) is -0.0629. The van der Waals surface area contributed by atoms with Gasteiger partial charge in [0, 0.05) is 26.2 Å². The van der Waals surface area contributed by atoms with Gasteiger partial charge < -0.3 is 29.0 Å². The van der Waals surface area contributed by atoms with Crippen molar-refractivity contribution in [2.24, 2.45) is 0 Å². The molecule has 1 saturated heterocycles. The molecule has 0 aliphatic carbocycles. The third kappa shape index (κ3) is 3.94. The summed E-state index contributed by atoms with van der Waals surface area (Å²) >= 11 is 1.27. The number of Topliss-reactive ketones (excluding diaryl/α,β-unsaturated/α-hetero) is 1. The third-order valence-electron chi connectivity index (χ3n) is 6.05. The summed E-state index contributed by atoms with van der Waals surface area (Å²) in [7, 11) is 1.52. The molecule has 1 amide bonds. The summed E-state index contributed by atoms with van der Waals surface area (Å²) in [5, 5.41) is 12.6. The number of fused-ring (bicyclic) bond motifs is 1. The molecule has 0 bridgehead atoms. The van der Waals surface area contributed by atoms with Gasteiger partial charge in [-0.05, 0) is 29.1 Å². The van der Waals surface area contributed by atoms with Crippen LogP contribution in [0.2, 0.25) is 0 Å². The predicted molar refractivity (Wildman–Crippen MR) is 119 cm³/mol. The van der Waals surface area contributed by atoms with Crippen molar-refractivity contribution >= 4 is 23.0 Å². The first kappa shape index (κ1) is 21.7. The molecule has 1 fully saturated rings. The van der Waals surface area contributed by atoms with E-state index in [1.54, 1.807) is 34.5 Å². The Labute approximate surface area is 194 Å². The zero-order chi connectivity index (χ0) is 22.9. The molecule has 33 heavy (non-hydrogen) atoms. The van der Waals surface area contributed by atoms with Gasteiger partial charge in [-0.25, -0.2) is 0 Å². The molecule has 3 aliphatic heterocycles. The Morgan fingerprint density at radius 3 is 2.79 bits per heavy atom. The molecule has 4 heterocycles. The highest BCUT2D eigenvalue weighted by atomic mass is 32.1. The van der Waals surface area contributed by atoms with Crippen LogP contribution in [0.1, 0.15) is 21.3 Å². The SMILES string of the molecule is COc1cc(C2C(C(=O)c3cccs3)=C(O)C(=O)N2CCN2CCOCC2)cc2c1OCO2. The summed E-state index contributed by atoms with van der Waals surface area (Å²) in [4.78, 5) is 30.8. The molecule has 10 heteroatoms. The average molecular weight is 473 g/mol. The number of nitrogens with zero attached hydrogens (tertiary/aromatic N) is 2. The first-order chi connectivity index (χ1) is 16.1. The number of carbonyl (C=O) groups excluding carboxylic acids is 2. The number of morpholine rings is 1. The van der Waals surface area contributed by atoms with Crippen molar-refractivity contribution in [3.05, 3.63) is 51.4 Å². The lowest BCUT2D eigenvalue weighted by molar-refractivity contribution is -0.129. The van der Waals surface area contributed by atoms with E-state index in [0.29, 0.717) is 54.0 Å². The summed E-state index contributed by atoms with van der Waals surface area (Å²) < 4.78 is 21.9. The van der Waals surface area contributed by atoms with Crippen LogP contribution in [0.15, 0.2) is 41.0 Å². The second-order valence-electron chi connectivity index (χ2n) is 7.88. The summed E-state index contributed by atoms with van der Waals surface area (Å²) in [6.45, 7) is 3.81. The van der Waals surface area contributed by atoms with Crippen LogP contribution in [-0.2, 0) is 9.53 Å². The Balaban J connectivity index is 1.54. The third-order valence-corrected chi connectivity index (χ3v) is 6.92. The maximum Gasteiger partial charge on any atom is 0.290 e. The van der Waals surface area contributed by atoms with E-state index in [0.717, 1.165) is 13.1 Å². The van der Waals surface area contributed by atoms with E-state index in [1.165, 1.54) is 18.4 Å². The van der Waals surface area contributed by atoms with Gasteiger partial charge in [-0.1, -0.05) is 6.07 Å². The van der Waals surface area contributed by atoms with Gasteiger partial charge >= 0.3 is 0 Å². The fraction of sp³-hybridized carbons (Fsp3) is 0.391. The van der Waals surface area contributed by atoms with Crippen molar-refractivity contribution < 1.29 is 33.6 Å². The molecule has 1 aromatic heterocycles. The smallest absolute Gasteiger partial charge is 0.290 e. The lowest BCUT2D eigenvalue weighted by Gasteiger charge is -2.31. The highest BCUT2D eigenvalue weighted by Gasteiger charge is 2.44. The van der Waals surface area contributed by atoms with Crippen LogP contribution in [0.4, 0.5) is 0 Å². The number of ether oxygens (including phenoxy) is 4. The fourth-order valence-electron chi connectivity index (χ4n) is 4.38. The minimum absolute atomic E-state index is 0.0571. The standard InChI is InChI=1S/C23H24N2O7S/c1-29-15-11-14(12-16-22(15)32-13-31-16)19-18(20(26)17-3-2-10-33-17)21(27)23(28)25(19)5-4-24-6-8-30-9-7-24/h2-3,10-12,19,27H,4-9,13H2,1H3. The number of benzene rings is 1. The topological polar surface area (TPSA) is 97.8 Å². The first-order valence-corrected chi connectivity index (χ1v) is 11.6. The van der Waals surface area contributed by atoms with Crippen LogP contribution in [-0.4, -0.2) is 79.9 Å². The highest BCUT2D eigenvalue weighted by molar-refractivity contribution is 7.12. The molecule has 3 aliphatic rings. The normalized spacial score (nSPS) is 20.6. The zero-order valence-electron chi connectivity index (χ0n) is 18.1. The van der Waals surface area contributed by atoms with E-state index >= 15 is 0 Å². The molecule has 5 rings (SSSR count). The van der Waals surface area contributed by atoms with Crippen molar-refractivity contribution in [1.82, 2.24) is 9.80 Å². The van der Waals surface area contributed by atoms with E-state index < -0.39 is 17.7 Å². The first-order valence-electron chi connectivity index (χ1n) is 10.7. The van der Waals surface area contributed by atoms with E-state index in [1.807, 2.05) is 0 Å². The van der Waals surface area contributed by atoms with Gasteiger partial charge in [-0.15, -0.1) is 11.3 Å². The Morgan fingerprint density at radius 2 is 2.06 bits per heavy atom. The highest BCUT2D eigenvalue weighted by Crippen LogP contribution is 2.47. The number of aliphatic hydroxyl groups is 1. The average Bonchev–Trinajstić information content (AvgIpc) is 3.58. The molecule has 1 N–H and O–H groups in total. The van der Waals surface area contributed by atoms with Crippen LogP contribution in [0, 0.1) is 0 Å². The monoisotopic (exact) mass is 472 g/mol. The zero-order valence-corrected chi connectivity index (χ0v) is 18.9. The van der Waals surface area contributed by atoms with Crippen molar-refractivity contribution in [1.29, 1.82) is 0 Å². The van der Waals surface area contributed by atoms with Crippen molar-refractivity contribution in [3.8, 4) is 17.2 Å². The van der Waals surface area contributed by atoms with Crippen LogP contribution in [0.25, 0.3) is 0 Å². The van der Waals surface area contributed by atoms with Crippen LogP contribution >= 0.6 is 11.3 Å². The maximum atomic E-state index is 13.4. The molecule has 0 saturated carbocycles. The van der Waals surface area contributed by atoms with Crippen molar-refractivity contribution in [3.63, 3.8) is 0 Å². The van der Waals surface area contributed by atoms with Crippen molar-refractivity contribution in [2.45, 2.75) is 6.04 Å². The molecule has 9 nitrogen and oxygen atoms in total. The van der Waals surface area contributed by atoms with E-state index in [4.69, 9.17) is 18.9 Å². The number of hydrogen-bond acceptors (Lipinski definition) is 9. The van der Waals surface area contributed by atoms with Crippen LogP contribution in [0.5, 0.6) is 17.2 Å². The largest absolute Gasteiger partial charge is 0.503 e. The Bertz CT molecular complexity index is 1090. The molecule has 1 unspecified atom stereocenters. The van der Waals surface area contributed by atoms with E-state index in [9.17, 15) is 14.7 Å². The van der Waals surface area contributed by atoms with Gasteiger partial charge in [0.15, 0.2) is 17.3 Å². The molecule has 2 aromatic rings. The number of methoxy groups -OCH3 is 1. The maximum absolute atomic E-state index is 13.4. The Hall–Kier alpha value is -3.08. The summed E-state index contributed by atoms with van der Waals surface area (Å²) in [6, 6.07) is 6.14. The minimum Gasteiger partial charge on any atom is -0.503 e. The van der Waals surface area contributed by atoms with Gasteiger partial charge in [0.1, 0.15) is 0 Å². The van der Waals surface area contributed by atoms with Crippen LogP contribution in [0.3, 0.4) is 0 Å². The summed E-state index contributed by atoms with van der Waals surface area (Å²) in [5.41, 5.74) is 0.667. The summed E-state index contributed by atoms with van der Waals surface area (Å²) in [6.07, 6.45) is 0. The van der Waals surface area contributed by atoms with Gasteiger partial charge in [-0.3, -0.25) is 14.5 Å². The number of ketones is 1. The fourth-order valence-corrected chi connectivity index (χ4v) is 5.06. The number of amides is 1. The minimum atomic E-state index is -0.781.